The van der Waals surface area contributed by atoms with Gasteiger partial charge >= 0.3 is 5.97 Å². The van der Waals surface area contributed by atoms with Gasteiger partial charge in [-0.15, -0.1) is 23.1 Å². The highest BCUT2D eigenvalue weighted by Gasteiger charge is 2.31. The van der Waals surface area contributed by atoms with E-state index in [2.05, 4.69) is 34.9 Å². The molecule has 0 spiro atoms. The number of thioether (sulfide) groups is 1. The van der Waals surface area contributed by atoms with Crippen molar-refractivity contribution < 1.29 is 19.1 Å². The standard InChI is InChI=1S/C37H34N2O4S2/c1-3-43-37(42)33-31-19-18-27(24-10-5-4-6-11-24)21-32(31)45-36(33)39-34(40)23(2)44-30-15-9-14-29(22-30)38-35(41)28-17-16-25-12-7-8-13-26(25)20-28/h4-17,20,22-23,27H,3,18-19,21H2,1-2H3,(H,38,41)(H,39,40). The van der Waals surface area contributed by atoms with E-state index in [0.29, 0.717) is 27.7 Å². The van der Waals surface area contributed by atoms with Crippen molar-refractivity contribution in [1.82, 2.24) is 0 Å². The van der Waals surface area contributed by atoms with E-state index in [0.717, 1.165) is 45.4 Å². The molecule has 6 rings (SSSR count). The van der Waals surface area contributed by atoms with Crippen LogP contribution < -0.4 is 10.6 Å². The van der Waals surface area contributed by atoms with Crippen molar-refractivity contribution in [3.63, 3.8) is 0 Å². The summed E-state index contributed by atoms with van der Waals surface area (Å²) in [6.07, 6.45) is 2.53. The minimum absolute atomic E-state index is 0.198. The fraction of sp³-hybridized carbons (Fsp3) is 0.216. The zero-order valence-electron chi connectivity index (χ0n) is 25.2. The topological polar surface area (TPSA) is 84.5 Å². The number of esters is 1. The van der Waals surface area contributed by atoms with Crippen molar-refractivity contribution in [1.29, 1.82) is 0 Å². The summed E-state index contributed by atoms with van der Waals surface area (Å²) >= 11 is 2.88. The number of ether oxygens (including phenoxy) is 1. The molecule has 1 aromatic heterocycles. The van der Waals surface area contributed by atoms with E-state index < -0.39 is 11.2 Å². The Hall–Kier alpha value is -4.40. The first-order chi connectivity index (χ1) is 21.9. The molecule has 0 aliphatic heterocycles. The Morgan fingerprint density at radius 3 is 2.49 bits per heavy atom. The number of thiophene rings is 1. The Bertz CT molecular complexity index is 1870. The predicted octanol–water partition coefficient (Wildman–Crippen LogP) is 8.72. The van der Waals surface area contributed by atoms with E-state index in [1.165, 1.54) is 28.7 Å². The Balaban J connectivity index is 1.14. The third-order valence-electron chi connectivity index (χ3n) is 8.04. The summed E-state index contributed by atoms with van der Waals surface area (Å²) in [6, 6.07) is 31.5. The average Bonchev–Trinajstić information content (AvgIpc) is 3.42. The van der Waals surface area contributed by atoms with E-state index in [4.69, 9.17) is 4.74 Å². The summed E-state index contributed by atoms with van der Waals surface area (Å²) in [5.74, 6) is -0.413. The summed E-state index contributed by atoms with van der Waals surface area (Å²) in [5.41, 5.74) is 4.00. The lowest BCUT2D eigenvalue weighted by molar-refractivity contribution is -0.115. The van der Waals surface area contributed by atoms with Crippen LogP contribution in [-0.2, 0) is 22.4 Å². The third kappa shape index (κ3) is 6.97. The van der Waals surface area contributed by atoms with Crippen molar-refractivity contribution in [3.8, 4) is 0 Å². The monoisotopic (exact) mass is 634 g/mol. The smallest absolute Gasteiger partial charge is 0.341 e. The van der Waals surface area contributed by atoms with E-state index >= 15 is 0 Å². The van der Waals surface area contributed by atoms with E-state index in [1.54, 1.807) is 6.92 Å². The fourth-order valence-corrected chi connectivity index (χ4v) is 8.00. The minimum Gasteiger partial charge on any atom is -0.462 e. The van der Waals surface area contributed by atoms with Gasteiger partial charge in [0.2, 0.25) is 5.91 Å². The molecule has 228 valence electrons. The number of hydrogen-bond donors (Lipinski definition) is 2. The average molecular weight is 635 g/mol. The van der Waals surface area contributed by atoms with Gasteiger partial charge in [0.05, 0.1) is 17.4 Å². The van der Waals surface area contributed by atoms with Gasteiger partial charge in [0.1, 0.15) is 5.00 Å². The van der Waals surface area contributed by atoms with Crippen molar-refractivity contribution in [3.05, 3.63) is 124 Å². The van der Waals surface area contributed by atoms with Crippen LogP contribution in [0.2, 0.25) is 0 Å². The summed E-state index contributed by atoms with van der Waals surface area (Å²) in [5, 5.41) is 8.21. The molecule has 2 unspecified atom stereocenters. The van der Waals surface area contributed by atoms with Gasteiger partial charge in [0, 0.05) is 21.0 Å². The van der Waals surface area contributed by atoms with Crippen LogP contribution in [-0.4, -0.2) is 29.6 Å². The van der Waals surface area contributed by atoms with Crippen molar-refractivity contribution in [2.45, 2.75) is 49.2 Å². The quantitative estimate of drug-likeness (QED) is 0.125. The van der Waals surface area contributed by atoms with Crippen LogP contribution in [0, 0.1) is 0 Å². The van der Waals surface area contributed by atoms with Gasteiger partial charge in [-0.3, -0.25) is 9.59 Å². The van der Waals surface area contributed by atoms with Crippen LogP contribution in [0.15, 0.2) is 102 Å². The van der Waals surface area contributed by atoms with Crippen molar-refractivity contribution >= 4 is 62.3 Å². The SMILES string of the molecule is CCOC(=O)c1c(NC(=O)C(C)Sc2cccc(NC(=O)c3ccc4ccccc4c3)c2)sc2c1CCC(c1ccccc1)C2. The Labute approximate surface area is 271 Å². The largest absolute Gasteiger partial charge is 0.462 e. The molecule has 5 aromatic rings. The second kappa shape index (κ2) is 13.7. The van der Waals surface area contributed by atoms with Crippen LogP contribution in [0.5, 0.6) is 0 Å². The number of hydrogen-bond acceptors (Lipinski definition) is 6. The molecule has 0 fully saturated rings. The lowest BCUT2D eigenvalue weighted by Gasteiger charge is -2.23. The zero-order chi connectivity index (χ0) is 31.3. The highest BCUT2D eigenvalue weighted by molar-refractivity contribution is 8.00. The summed E-state index contributed by atoms with van der Waals surface area (Å²) in [6.45, 7) is 3.89. The molecule has 0 saturated heterocycles. The Kier molecular flexibility index (Phi) is 9.33. The van der Waals surface area contributed by atoms with Crippen LogP contribution in [0.1, 0.15) is 62.9 Å². The first-order valence-electron chi connectivity index (χ1n) is 15.1. The van der Waals surface area contributed by atoms with Crippen LogP contribution in [0.4, 0.5) is 10.7 Å². The highest BCUT2D eigenvalue weighted by Crippen LogP contribution is 2.43. The van der Waals surface area contributed by atoms with Crippen LogP contribution in [0.25, 0.3) is 10.8 Å². The molecule has 8 heteroatoms. The van der Waals surface area contributed by atoms with E-state index in [-0.39, 0.29) is 18.4 Å². The molecule has 1 heterocycles. The number of benzene rings is 4. The molecule has 2 atom stereocenters. The molecule has 1 aliphatic rings. The van der Waals surface area contributed by atoms with Crippen LogP contribution in [0.3, 0.4) is 0 Å². The maximum atomic E-state index is 13.5. The normalized spacial score (nSPS) is 14.8. The van der Waals surface area contributed by atoms with Gasteiger partial charge in [-0.05, 0) is 91.3 Å². The number of carbonyl (C=O) groups is 3. The Morgan fingerprint density at radius 2 is 1.69 bits per heavy atom. The maximum absolute atomic E-state index is 13.5. The number of nitrogens with one attached hydrogen (secondary N) is 2. The lowest BCUT2D eigenvalue weighted by atomic mass is 9.83. The summed E-state index contributed by atoms with van der Waals surface area (Å²) in [7, 11) is 0. The van der Waals surface area contributed by atoms with Gasteiger partial charge in [-0.1, -0.05) is 66.7 Å². The molecule has 45 heavy (non-hydrogen) atoms. The number of carbonyl (C=O) groups excluding carboxylic acids is 3. The number of fused-ring (bicyclic) bond motifs is 2. The van der Waals surface area contributed by atoms with Gasteiger partial charge < -0.3 is 15.4 Å². The molecule has 1 aliphatic carbocycles. The van der Waals surface area contributed by atoms with Crippen molar-refractivity contribution in [2.24, 2.45) is 0 Å². The van der Waals surface area contributed by atoms with Gasteiger partial charge in [0.15, 0.2) is 0 Å². The fourth-order valence-electron chi connectivity index (χ4n) is 5.76. The van der Waals surface area contributed by atoms with Crippen LogP contribution >= 0.6 is 23.1 Å². The van der Waals surface area contributed by atoms with E-state index in [1.807, 2.05) is 79.7 Å². The first kappa shape index (κ1) is 30.6. The maximum Gasteiger partial charge on any atom is 0.341 e. The Morgan fingerprint density at radius 1 is 0.911 bits per heavy atom. The highest BCUT2D eigenvalue weighted by atomic mass is 32.2. The molecular weight excluding hydrogens is 601 g/mol. The van der Waals surface area contributed by atoms with E-state index in [9.17, 15) is 14.4 Å². The first-order valence-corrected chi connectivity index (χ1v) is 16.8. The zero-order valence-corrected chi connectivity index (χ0v) is 26.8. The minimum atomic E-state index is -0.456. The van der Waals surface area contributed by atoms with Gasteiger partial charge in [-0.2, -0.15) is 0 Å². The number of amides is 2. The van der Waals surface area contributed by atoms with Gasteiger partial charge in [0.25, 0.3) is 5.91 Å². The molecule has 0 bridgehead atoms. The molecule has 6 nitrogen and oxygen atoms in total. The lowest BCUT2D eigenvalue weighted by Crippen LogP contribution is -2.23. The molecule has 2 N–H and O–H groups in total. The molecule has 4 aromatic carbocycles. The molecular formula is C37H34N2O4S2. The molecule has 2 amide bonds. The molecule has 0 radical (unpaired) electrons. The second-order valence-corrected chi connectivity index (χ2v) is 13.6. The molecule has 0 saturated carbocycles. The van der Waals surface area contributed by atoms with Crippen molar-refractivity contribution in [2.75, 3.05) is 17.2 Å². The number of anilines is 2. The second-order valence-electron chi connectivity index (χ2n) is 11.1. The summed E-state index contributed by atoms with van der Waals surface area (Å²) in [4.78, 5) is 41.5. The number of rotatable bonds is 9. The third-order valence-corrected chi connectivity index (χ3v) is 10.3. The predicted molar refractivity (Wildman–Crippen MR) is 184 cm³/mol. The van der Waals surface area contributed by atoms with Gasteiger partial charge in [-0.25, -0.2) is 4.79 Å². The summed E-state index contributed by atoms with van der Waals surface area (Å²) < 4.78 is 5.42.